The average Bonchev–Trinajstić information content (AvgIpc) is 2.83. The molecule has 3 aromatic rings. The van der Waals surface area contributed by atoms with Gasteiger partial charge in [-0.15, -0.1) is 0 Å². The number of aromatic nitrogens is 1. The molecule has 1 aromatic heterocycles. The molecule has 0 radical (unpaired) electrons. The van der Waals surface area contributed by atoms with E-state index < -0.39 is 17.5 Å². The first kappa shape index (κ1) is 22.3. The topological polar surface area (TPSA) is 59.5 Å². The fraction of sp³-hybridized carbons (Fsp3) is 0.115. The Labute approximate surface area is 195 Å². The van der Waals surface area contributed by atoms with Crippen molar-refractivity contribution in [3.8, 4) is 17.7 Å². The Kier molecular flexibility index (Phi) is 6.25. The summed E-state index contributed by atoms with van der Waals surface area (Å²) in [5.74, 6) is 5.22. The zero-order valence-corrected chi connectivity index (χ0v) is 18.6. The fourth-order valence-electron chi connectivity index (χ4n) is 3.40. The van der Waals surface area contributed by atoms with Crippen molar-refractivity contribution in [2.75, 3.05) is 19.1 Å². The molecule has 1 aliphatic heterocycles. The van der Waals surface area contributed by atoms with Crippen LogP contribution in [0.5, 0.6) is 5.88 Å². The van der Waals surface area contributed by atoms with Crippen LogP contribution in [0.2, 0.25) is 5.02 Å². The van der Waals surface area contributed by atoms with E-state index in [2.05, 4.69) is 16.8 Å². The standard InChI is InChI=1S/C26H18ClFN2O3/c1-30-23-10-7-16(4-3-5-17-8-11-24(33-2)29-15-17)12-19(23)25(31)20(26(30)32)13-18-6-9-22(28)21(27)14-18/h6-15H,5H2,1-2H3/b20-13+. The summed E-state index contributed by atoms with van der Waals surface area (Å²) in [6.07, 6.45) is 3.60. The molecule has 0 saturated carbocycles. The second-order valence-corrected chi connectivity index (χ2v) is 7.75. The molecule has 0 fully saturated rings. The average molecular weight is 461 g/mol. The van der Waals surface area contributed by atoms with E-state index in [0.29, 0.717) is 34.7 Å². The number of benzene rings is 2. The molecule has 0 bridgehead atoms. The van der Waals surface area contributed by atoms with Crippen LogP contribution in [0, 0.1) is 17.7 Å². The lowest BCUT2D eigenvalue weighted by molar-refractivity contribution is -0.114. The van der Waals surface area contributed by atoms with Gasteiger partial charge in [-0.3, -0.25) is 9.59 Å². The quantitative estimate of drug-likeness (QED) is 0.322. The molecule has 0 unspecified atom stereocenters. The minimum absolute atomic E-state index is 0.0258. The van der Waals surface area contributed by atoms with Gasteiger partial charge in [0, 0.05) is 36.9 Å². The van der Waals surface area contributed by atoms with E-state index in [9.17, 15) is 14.0 Å². The maximum absolute atomic E-state index is 13.5. The lowest BCUT2D eigenvalue weighted by Crippen LogP contribution is -2.36. The number of anilines is 1. The Balaban J connectivity index is 1.62. The molecule has 4 rings (SSSR count). The number of carbonyl (C=O) groups is 2. The van der Waals surface area contributed by atoms with E-state index in [-0.39, 0.29) is 10.6 Å². The number of pyridine rings is 1. The van der Waals surface area contributed by atoms with Crippen molar-refractivity contribution in [3.05, 3.63) is 93.4 Å². The van der Waals surface area contributed by atoms with Crippen LogP contribution in [0.3, 0.4) is 0 Å². The molecular formula is C26H18ClFN2O3. The molecule has 0 N–H and O–H groups in total. The molecule has 0 aliphatic carbocycles. The number of Topliss-reactive ketones (excluding diaryl/α,β-unsaturated/α-hetero) is 1. The van der Waals surface area contributed by atoms with Crippen LogP contribution in [0.4, 0.5) is 10.1 Å². The summed E-state index contributed by atoms with van der Waals surface area (Å²) in [5.41, 5.74) is 2.89. The molecule has 0 atom stereocenters. The summed E-state index contributed by atoms with van der Waals surface area (Å²) in [4.78, 5) is 31.5. The highest BCUT2D eigenvalue weighted by Gasteiger charge is 2.32. The summed E-state index contributed by atoms with van der Waals surface area (Å²) in [5, 5.41) is -0.0848. The molecule has 164 valence electrons. The van der Waals surface area contributed by atoms with E-state index >= 15 is 0 Å². The number of rotatable bonds is 3. The van der Waals surface area contributed by atoms with Crippen LogP contribution in [0.25, 0.3) is 6.08 Å². The highest BCUT2D eigenvalue weighted by molar-refractivity contribution is 6.36. The van der Waals surface area contributed by atoms with Crippen molar-refractivity contribution in [1.82, 2.24) is 4.98 Å². The van der Waals surface area contributed by atoms with Gasteiger partial charge in [0.15, 0.2) is 0 Å². The summed E-state index contributed by atoms with van der Waals surface area (Å²) < 4.78 is 18.5. The van der Waals surface area contributed by atoms with Crippen molar-refractivity contribution in [2.24, 2.45) is 0 Å². The van der Waals surface area contributed by atoms with Gasteiger partial charge in [0.2, 0.25) is 11.7 Å². The van der Waals surface area contributed by atoms with Crippen LogP contribution in [-0.2, 0) is 11.2 Å². The summed E-state index contributed by atoms with van der Waals surface area (Å²) in [6.45, 7) is 0. The number of methoxy groups -OCH3 is 1. The Morgan fingerprint density at radius 3 is 2.67 bits per heavy atom. The number of fused-ring (bicyclic) bond motifs is 1. The fourth-order valence-corrected chi connectivity index (χ4v) is 3.59. The minimum Gasteiger partial charge on any atom is -0.481 e. The Bertz CT molecular complexity index is 1350. The zero-order valence-electron chi connectivity index (χ0n) is 17.9. The number of halogens is 2. The second kappa shape index (κ2) is 9.27. The van der Waals surface area contributed by atoms with Crippen molar-refractivity contribution in [2.45, 2.75) is 6.42 Å². The predicted octanol–water partition coefficient (Wildman–Crippen LogP) is 4.72. The van der Waals surface area contributed by atoms with Gasteiger partial charge >= 0.3 is 0 Å². The van der Waals surface area contributed by atoms with Crippen molar-refractivity contribution >= 4 is 35.1 Å². The van der Waals surface area contributed by atoms with Crippen LogP contribution < -0.4 is 9.64 Å². The van der Waals surface area contributed by atoms with Gasteiger partial charge in [-0.2, -0.15) is 0 Å². The molecule has 2 aromatic carbocycles. The molecule has 0 spiro atoms. The maximum Gasteiger partial charge on any atom is 0.262 e. The van der Waals surface area contributed by atoms with Crippen LogP contribution in [-0.4, -0.2) is 30.8 Å². The van der Waals surface area contributed by atoms with E-state index in [1.54, 1.807) is 44.6 Å². The third kappa shape index (κ3) is 4.64. The first-order chi connectivity index (χ1) is 15.9. The molecule has 1 aliphatic rings. The van der Waals surface area contributed by atoms with Gasteiger partial charge in [-0.05, 0) is 47.5 Å². The molecule has 2 heterocycles. The van der Waals surface area contributed by atoms with E-state index in [1.165, 1.54) is 29.2 Å². The largest absolute Gasteiger partial charge is 0.481 e. The normalized spacial score (nSPS) is 14.1. The van der Waals surface area contributed by atoms with Crippen molar-refractivity contribution in [3.63, 3.8) is 0 Å². The smallest absolute Gasteiger partial charge is 0.262 e. The molecule has 0 saturated heterocycles. The van der Waals surface area contributed by atoms with Gasteiger partial charge in [0.25, 0.3) is 5.91 Å². The number of hydrogen-bond acceptors (Lipinski definition) is 4. The van der Waals surface area contributed by atoms with Crippen molar-refractivity contribution < 1.29 is 18.7 Å². The maximum atomic E-state index is 13.5. The lowest BCUT2D eigenvalue weighted by Gasteiger charge is -2.26. The predicted molar refractivity (Wildman–Crippen MR) is 125 cm³/mol. The number of hydrogen-bond donors (Lipinski definition) is 0. The van der Waals surface area contributed by atoms with Gasteiger partial charge in [0.1, 0.15) is 5.82 Å². The number of ether oxygens (including phenoxy) is 1. The summed E-state index contributed by atoms with van der Waals surface area (Å²) >= 11 is 5.83. The number of ketones is 1. The van der Waals surface area contributed by atoms with Crippen molar-refractivity contribution in [1.29, 1.82) is 0 Å². The van der Waals surface area contributed by atoms with Gasteiger partial charge in [-0.25, -0.2) is 9.37 Å². The SMILES string of the molecule is COc1ccc(CC#Cc2ccc3c(c2)C(=O)/C(=C\c2ccc(F)c(Cl)c2)C(=O)N3C)cn1. The zero-order chi connectivity index (χ0) is 23.5. The first-order valence-electron chi connectivity index (χ1n) is 9.98. The summed E-state index contributed by atoms with van der Waals surface area (Å²) in [6, 6.07) is 12.8. The molecular weight excluding hydrogens is 443 g/mol. The van der Waals surface area contributed by atoms with Crippen LogP contribution in [0.1, 0.15) is 27.0 Å². The Morgan fingerprint density at radius 1 is 1.15 bits per heavy atom. The number of nitrogens with zero attached hydrogens (tertiary/aromatic N) is 2. The highest BCUT2D eigenvalue weighted by atomic mass is 35.5. The Hall–Kier alpha value is -3.95. The van der Waals surface area contributed by atoms with E-state index in [1.807, 2.05) is 6.07 Å². The first-order valence-corrected chi connectivity index (χ1v) is 10.4. The van der Waals surface area contributed by atoms with Gasteiger partial charge in [-0.1, -0.05) is 35.6 Å². The number of carbonyl (C=O) groups excluding carboxylic acids is 2. The molecule has 5 nitrogen and oxygen atoms in total. The lowest BCUT2D eigenvalue weighted by atomic mass is 9.92. The molecule has 7 heteroatoms. The number of likely N-dealkylation sites (N-methyl/N-ethyl adjacent to an activating group) is 1. The minimum atomic E-state index is -0.573. The number of amides is 1. The molecule has 33 heavy (non-hydrogen) atoms. The summed E-state index contributed by atoms with van der Waals surface area (Å²) in [7, 11) is 3.15. The van der Waals surface area contributed by atoms with Crippen LogP contribution in [0.15, 0.2) is 60.3 Å². The van der Waals surface area contributed by atoms with Gasteiger partial charge < -0.3 is 9.64 Å². The third-order valence-electron chi connectivity index (χ3n) is 5.17. The van der Waals surface area contributed by atoms with Crippen LogP contribution >= 0.6 is 11.6 Å². The Morgan fingerprint density at radius 2 is 1.97 bits per heavy atom. The van der Waals surface area contributed by atoms with E-state index in [0.717, 1.165) is 5.56 Å². The van der Waals surface area contributed by atoms with Gasteiger partial charge in [0.05, 0.1) is 23.4 Å². The third-order valence-corrected chi connectivity index (χ3v) is 5.46. The molecule has 1 amide bonds. The second-order valence-electron chi connectivity index (χ2n) is 7.34. The monoisotopic (exact) mass is 460 g/mol. The highest BCUT2D eigenvalue weighted by Crippen LogP contribution is 2.31. The van der Waals surface area contributed by atoms with E-state index in [4.69, 9.17) is 16.3 Å².